The van der Waals surface area contributed by atoms with Crippen molar-refractivity contribution in [2.45, 2.75) is 13.0 Å². The second kappa shape index (κ2) is 5.13. The van der Waals surface area contributed by atoms with E-state index in [1.54, 1.807) is 12.1 Å². The number of aliphatic imine (C=N–C) groups is 1. The van der Waals surface area contributed by atoms with Crippen LogP contribution < -0.4 is 11.1 Å². The smallest absolute Gasteiger partial charge is 0.129 e. The highest BCUT2D eigenvalue weighted by atomic mass is 35.5. The van der Waals surface area contributed by atoms with Gasteiger partial charge in [0, 0.05) is 28.4 Å². The van der Waals surface area contributed by atoms with E-state index in [0.29, 0.717) is 22.7 Å². The molecule has 102 valence electrons. The number of hydrogen-bond acceptors (Lipinski definition) is 2. The molecule has 0 fully saturated rings. The summed E-state index contributed by atoms with van der Waals surface area (Å²) in [6.45, 7) is 0.287. The van der Waals surface area contributed by atoms with Crippen LogP contribution in [0.25, 0.3) is 0 Å². The molecule has 3 N–H and O–H groups in total. The lowest BCUT2D eigenvalue weighted by molar-refractivity contribution is 0.611. The van der Waals surface area contributed by atoms with Crippen LogP contribution in [0.5, 0.6) is 0 Å². The lowest BCUT2D eigenvalue weighted by Gasteiger charge is -2.02. The van der Waals surface area contributed by atoms with Crippen molar-refractivity contribution in [3.8, 4) is 0 Å². The second-order valence-corrected chi connectivity index (χ2v) is 5.15. The molecule has 0 spiro atoms. The van der Waals surface area contributed by atoms with Crippen molar-refractivity contribution in [3.63, 3.8) is 0 Å². The lowest BCUT2D eigenvalue weighted by atomic mass is 10.1. The third kappa shape index (κ3) is 2.60. The van der Waals surface area contributed by atoms with Gasteiger partial charge in [-0.15, -0.1) is 0 Å². The number of nitrogens with two attached hydrogens (primary N) is 1. The molecule has 0 atom stereocenters. The Morgan fingerprint density at radius 2 is 2.10 bits per heavy atom. The van der Waals surface area contributed by atoms with Crippen molar-refractivity contribution in [1.29, 1.82) is 0 Å². The first-order chi connectivity index (χ1) is 9.61. The quantitative estimate of drug-likeness (QED) is 0.830. The molecule has 2 aromatic carbocycles. The van der Waals surface area contributed by atoms with Gasteiger partial charge in [0.05, 0.1) is 6.54 Å². The second-order valence-electron chi connectivity index (χ2n) is 4.72. The van der Waals surface area contributed by atoms with Crippen LogP contribution in [0.3, 0.4) is 0 Å². The van der Waals surface area contributed by atoms with E-state index in [0.717, 1.165) is 17.1 Å². The fourth-order valence-corrected chi connectivity index (χ4v) is 2.33. The maximum atomic E-state index is 13.6. The highest BCUT2D eigenvalue weighted by Gasteiger charge is 2.15. The maximum absolute atomic E-state index is 13.6. The summed E-state index contributed by atoms with van der Waals surface area (Å²) in [4.78, 5) is 4.41. The summed E-state index contributed by atoms with van der Waals surface area (Å²) in [5, 5.41) is 3.59. The molecule has 0 unspecified atom stereocenters. The summed E-state index contributed by atoms with van der Waals surface area (Å²) in [5.74, 6) is 0.488. The van der Waals surface area contributed by atoms with E-state index in [1.807, 2.05) is 18.2 Å². The number of nitrogens with one attached hydrogen (secondary N) is 1. The first-order valence-electron chi connectivity index (χ1n) is 6.24. The average Bonchev–Trinajstić information content (AvgIpc) is 2.79. The predicted molar refractivity (Wildman–Crippen MR) is 80.7 cm³/mol. The van der Waals surface area contributed by atoms with Crippen LogP contribution in [0.15, 0.2) is 41.4 Å². The molecule has 3 nitrogen and oxygen atoms in total. The van der Waals surface area contributed by atoms with Crippen LogP contribution in [0.2, 0.25) is 5.02 Å². The van der Waals surface area contributed by atoms with E-state index >= 15 is 0 Å². The molecule has 0 bridgehead atoms. The number of halogens is 2. The van der Waals surface area contributed by atoms with Gasteiger partial charge in [-0.05, 0) is 29.8 Å². The van der Waals surface area contributed by atoms with E-state index in [9.17, 15) is 4.39 Å². The van der Waals surface area contributed by atoms with Crippen molar-refractivity contribution < 1.29 is 4.39 Å². The summed E-state index contributed by atoms with van der Waals surface area (Å²) in [6.07, 6.45) is 0.713. The number of hydrogen-bond donors (Lipinski definition) is 2. The van der Waals surface area contributed by atoms with Crippen LogP contribution in [0.1, 0.15) is 11.1 Å². The summed E-state index contributed by atoms with van der Waals surface area (Å²) in [7, 11) is 0. The van der Waals surface area contributed by atoms with Crippen LogP contribution in [0.4, 0.5) is 15.8 Å². The fraction of sp³-hybridized carbons (Fsp3) is 0.133. The molecule has 1 heterocycles. The molecule has 0 saturated carbocycles. The fourth-order valence-electron chi connectivity index (χ4n) is 2.17. The van der Waals surface area contributed by atoms with Gasteiger partial charge in [0.2, 0.25) is 0 Å². The standard InChI is InChI=1S/C15H13ClFN3/c16-11-3-1-10(13(17)6-11)8-19-15-5-9-2-4-12(18)7-14(9)20-15/h1-4,6-7H,5,8,18H2,(H,19,20). The summed E-state index contributed by atoms with van der Waals surface area (Å²) < 4.78 is 13.6. The van der Waals surface area contributed by atoms with Gasteiger partial charge in [0.25, 0.3) is 0 Å². The minimum absolute atomic E-state index is 0.287. The van der Waals surface area contributed by atoms with Gasteiger partial charge in [-0.25, -0.2) is 4.39 Å². The van der Waals surface area contributed by atoms with E-state index < -0.39 is 0 Å². The Balaban J connectivity index is 1.76. The van der Waals surface area contributed by atoms with E-state index in [-0.39, 0.29) is 12.4 Å². The van der Waals surface area contributed by atoms with Gasteiger partial charge in [-0.1, -0.05) is 23.7 Å². The normalized spacial score (nSPS) is 15.2. The number of anilines is 2. The lowest BCUT2D eigenvalue weighted by Crippen LogP contribution is -2.07. The van der Waals surface area contributed by atoms with Gasteiger partial charge >= 0.3 is 0 Å². The SMILES string of the molecule is Nc1ccc2c(c1)NC(=NCc1ccc(Cl)cc1F)C2. The van der Waals surface area contributed by atoms with Crippen molar-refractivity contribution in [1.82, 2.24) is 0 Å². The molecule has 0 saturated heterocycles. The molecule has 2 aromatic rings. The summed E-state index contributed by atoms with van der Waals surface area (Å²) >= 11 is 5.72. The van der Waals surface area contributed by atoms with E-state index in [1.165, 1.54) is 6.07 Å². The van der Waals surface area contributed by atoms with Crippen LogP contribution in [-0.4, -0.2) is 5.84 Å². The zero-order valence-electron chi connectivity index (χ0n) is 10.7. The monoisotopic (exact) mass is 289 g/mol. The van der Waals surface area contributed by atoms with Gasteiger partial charge in [-0.3, -0.25) is 4.99 Å². The van der Waals surface area contributed by atoms with Crippen LogP contribution in [-0.2, 0) is 13.0 Å². The molecule has 1 aliphatic heterocycles. The Hall–Kier alpha value is -2.07. The number of fused-ring (bicyclic) bond motifs is 1. The van der Waals surface area contributed by atoms with Gasteiger partial charge < -0.3 is 11.1 Å². The molecule has 20 heavy (non-hydrogen) atoms. The summed E-state index contributed by atoms with van der Waals surface area (Å²) in [6, 6.07) is 10.3. The highest BCUT2D eigenvalue weighted by molar-refractivity contribution is 6.30. The maximum Gasteiger partial charge on any atom is 0.129 e. The molecule has 0 aliphatic carbocycles. The first-order valence-corrected chi connectivity index (χ1v) is 6.62. The summed E-state index contributed by atoms with van der Waals surface area (Å²) in [5.41, 5.74) is 9.09. The van der Waals surface area contributed by atoms with Crippen molar-refractivity contribution >= 4 is 28.8 Å². The largest absolute Gasteiger partial charge is 0.399 e. The number of nitrogen functional groups attached to an aromatic ring is 1. The molecule has 1 aliphatic rings. The molecule has 0 amide bonds. The third-order valence-corrected chi connectivity index (χ3v) is 3.46. The van der Waals surface area contributed by atoms with E-state index in [2.05, 4.69) is 10.3 Å². The molecule has 3 rings (SSSR count). The average molecular weight is 290 g/mol. The Labute approximate surface area is 121 Å². The Morgan fingerprint density at radius 3 is 2.90 bits per heavy atom. The topological polar surface area (TPSA) is 50.4 Å². The molecule has 0 radical (unpaired) electrons. The predicted octanol–water partition coefficient (Wildman–Crippen LogP) is 3.63. The Morgan fingerprint density at radius 1 is 1.25 bits per heavy atom. The van der Waals surface area contributed by atoms with Gasteiger partial charge in [0.15, 0.2) is 0 Å². The Kier molecular flexibility index (Phi) is 3.32. The first kappa shape index (κ1) is 12.9. The zero-order chi connectivity index (χ0) is 14.1. The van der Waals surface area contributed by atoms with Crippen LogP contribution >= 0.6 is 11.6 Å². The number of rotatable bonds is 2. The number of amidine groups is 1. The molecular formula is C15H13ClFN3. The highest BCUT2D eigenvalue weighted by Crippen LogP contribution is 2.26. The molecular weight excluding hydrogens is 277 g/mol. The minimum Gasteiger partial charge on any atom is -0.399 e. The van der Waals surface area contributed by atoms with Crippen molar-refractivity contribution in [2.75, 3.05) is 11.1 Å². The minimum atomic E-state index is -0.332. The Bertz CT molecular complexity index is 698. The molecule has 5 heteroatoms. The molecule has 0 aromatic heterocycles. The number of benzene rings is 2. The van der Waals surface area contributed by atoms with Gasteiger partial charge in [-0.2, -0.15) is 0 Å². The third-order valence-electron chi connectivity index (χ3n) is 3.23. The van der Waals surface area contributed by atoms with Crippen molar-refractivity contribution in [2.24, 2.45) is 4.99 Å². The van der Waals surface area contributed by atoms with Crippen LogP contribution in [0, 0.1) is 5.82 Å². The number of nitrogens with zero attached hydrogens (tertiary/aromatic N) is 1. The van der Waals surface area contributed by atoms with E-state index in [4.69, 9.17) is 17.3 Å². The zero-order valence-corrected chi connectivity index (χ0v) is 11.4. The van der Waals surface area contributed by atoms with Gasteiger partial charge in [0.1, 0.15) is 11.7 Å². The van der Waals surface area contributed by atoms with Crippen molar-refractivity contribution in [3.05, 3.63) is 58.4 Å².